The Balaban J connectivity index is 2.08. The molecule has 0 spiro atoms. The van der Waals surface area contributed by atoms with Gasteiger partial charge in [-0.05, 0) is 43.3 Å². The van der Waals surface area contributed by atoms with Gasteiger partial charge in [-0.1, -0.05) is 38.1 Å². The summed E-state index contributed by atoms with van der Waals surface area (Å²) in [6.07, 6.45) is -1.46. The van der Waals surface area contributed by atoms with E-state index < -0.39 is 6.37 Å². The van der Waals surface area contributed by atoms with Crippen molar-refractivity contribution in [1.29, 1.82) is 0 Å². The van der Waals surface area contributed by atoms with Crippen LogP contribution in [0.25, 0.3) is 38.0 Å². The highest BCUT2D eigenvalue weighted by molar-refractivity contribution is 6.14. The van der Waals surface area contributed by atoms with Gasteiger partial charge in [0.2, 0.25) is 11.4 Å². The summed E-state index contributed by atoms with van der Waals surface area (Å²) in [6.45, 7) is 15.2. The number of hydrogen-bond donors (Lipinski definition) is 0. The van der Waals surface area contributed by atoms with Crippen LogP contribution in [0, 0.1) is 26.3 Å². The van der Waals surface area contributed by atoms with Crippen molar-refractivity contribution >= 4 is 27.6 Å². The molecule has 0 saturated heterocycles. The van der Waals surface area contributed by atoms with E-state index in [4.69, 9.17) is 15.1 Å². The summed E-state index contributed by atoms with van der Waals surface area (Å²) < 4.78 is 33.6. The molecule has 28 heavy (non-hydrogen) atoms. The number of benzene rings is 2. The van der Waals surface area contributed by atoms with Gasteiger partial charge in [0.05, 0.1) is 12.1 Å². The number of aromatic nitrogens is 1. The predicted octanol–water partition coefficient (Wildman–Crippen LogP) is 6.44. The zero-order valence-electron chi connectivity index (χ0n) is 19.8. The van der Waals surface area contributed by atoms with Crippen molar-refractivity contribution in [2.24, 2.45) is 13.0 Å². The second-order valence-corrected chi connectivity index (χ2v) is 7.56. The zero-order chi connectivity index (χ0) is 22.7. The van der Waals surface area contributed by atoms with E-state index in [1.807, 2.05) is 45.9 Å². The van der Waals surface area contributed by atoms with Crippen LogP contribution in [-0.4, -0.2) is 0 Å². The molecule has 0 amide bonds. The molecule has 3 heteroatoms. The molecule has 0 saturated carbocycles. The Morgan fingerprint density at radius 2 is 1.96 bits per heavy atom. The maximum atomic E-state index is 8.68. The number of aryl methyl sites for hydroxylation is 2. The summed E-state index contributed by atoms with van der Waals surface area (Å²) in [5.41, 5.74) is 5.82. The highest BCUT2D eigenvalue weighted by Crippen LogP contribution is 2.41. The third kappa shape index (κ3) is 2.86. The normalized spacial score (nSPS) is 13.5. The fraction of sp³-hybridized carbons (Fsp3) is 0.280. The van der Waals surface area contributed by atoms with Crippen molar-refractivity contribution in [2.75, 3.05) is 0 Å². The van der Waals surface area contributed by atoms with Crippen LogP contribution >= 0.6 is 0 Å². The average Bonchev–Trinajstić information content (AvgIpc) is 3.10. The van der Waals surface area contributed by atoms with Gasteiger partial charge < -0.3 is 4.42 Å². The van der Waals surface area contributed by atoms with E-state index in [-0.39, 0.29) is 12.1 Å². The number of para-hydroxylation sites is 1. The summed E-state index contributed by atoms with van der Waals surface area (Å²) in [4.78, 5) is 3.61. The number of nitrogens with zero attached hydrogens (tertiary/aromatic N) is 2. The number of pyridine rings is 1. The first-order valence-electron chi connectivity index (χ1n) is 10.9. The molecule has 0 aliphatic carbocycles. The van der Waals surface area contributed by atoms with Crippen LogP contribution in [0.5, 0.6) is 0 Å². The fourth-order valence-electron chi connectivity index (χ4n) is 3.92. The number of fused-ring (bicyclic) bond motifs is 3. The second kappa shape index (κ2) is 6.80. The Kier molecular flexibility index (Phi) is 3.61. The minimum atomic E-state index is -1.60. The van der Waals surface area contributed by atoms with Crippen molar-refractivity contribution in [3.05, 3.63) is 70.7 Å². The Bertz CT molecular complexity index is 1390. The van der Waals surface area contributed by atoms with E-state index in [2.05, 4.69) is 10.9 Å². The molecule has 2 heterocycles. The monoisotopic (exact) mass is 372 g/mol. The zero-order valence-corrected chi connectivity index (χ0v) is 16.8. The molecule has 3 nitrogen and oxygen atoms in total. The molecule has 0 radical (unpaired) electrons. The van der Waals surface area contributed by atoms with Gasteiger partial charge >= 0.3 is 0 Å². The molecule has 4 rings (SSSR count). The van der Waals surface area contributed by atoms with Crippen molar-refractivity contribution < 1.29 is 13.1 Å². The first kappa shape index (κ1) is 14.9. The number of hydrogen-bond acceptors (Lipinski definition) is 1. The van der Waals surface area contributed by atoms with Gasteiger partial charge in [-0.25, -0.2) is 9.41 Å². The van der Waals surface area contributed by atoms with Gasteiger partial charge in [0.25, 0.3) is 0 Å². The van der Waals surface area contributed by atoms with Crippen molar-refractivity contribution in [3.63, 3.8) is 0 Å². The molecule has 0 aliphatic rings. The van der Waals surface area contributed by atoms with Crippen LogP contribution in [0.2, 0.25) is 0 Å². The van der Waals surface area contributed by atoms with Gasteiger partial charge in [0.15, 0.2) is 6.17 Å². The van der Waals surface area contributed by atoms with Crippen LogP contribution in [0.15, 0.2) is 47.0 Å². The van der Waals surface area contributed by atoms with Crippen LogP contribution in [0.3, 0.4) is 0 Å². The fourth-order valence-corrected chi connectivity index (χ4v) is 3.92. The molecule has 2 aromatic heterocycles. The SMILES string of the molecule is [2H]c1c(C([2H])([2H])C(C)C)ccc(-c2c(C)cc(C)c3c2oc2c([N+]#[C-])cccc23)[n+]1C. The third-order valence-electron chi connectivity index (χ3n) is 5.02. The Morgan fingerprint density at radius 1 is 1.18 bits per heavy atom. The summed E-state index contributed by atoms with van der Waals surface area (Å²) in [7, 11) is 1.79. The smallest absolute Gasteiger partial charge is 0.229 e. The highest BCUT2D eigenvalue weighted by atomic mass is 16.3. The van der Waals surface area contributed by atoms with E-state index in [0.29, 0.717) is 22.4 Å². The topological polar surface area (TPSA) is 21.4 Å². The van der Waals surface area contributed by atoms with Crippen molar-refractivity contribution in [1.82, 2.24) is 0 Å². The van der Waals surface area contributed by atoms with Gasteiger partial charge in [-0.2, -0.15) is 0 Å². The maximum absolute atomic E-state index is 8.68. The second-order valence-electron chi connectivity index (χ2n) is 7.56. The predicted molar refractivity (Wildman–Crippen MR) is 115 cm³/mol. The van der Waals surface area contributed by atoms with Gasteiger partial charge in [0, 0.05) is 25.1 Å². The van der Waals surface area contributed by atoms with Crippen LogP contribution in [0.4, 0.5) is 5.69 Å². The average molecular weight is 373 g/mol. The number of rotatable bonds is 3. The largest absolute Gasteiger partial charge is 0.466 e. The summed E-state index contributed by atoms with van der Waals surface area (Å²) in [5.74, 6) is -0.252. The molecule has 0 atom stereocenters. The molecule has 0 bridgehead atoms. The first-order chi connectivity index (χ1) is 14.6. The lowest BCUT2D eigenvalue weighted by atomic mass is 9.96. The van der Waals surface area contributed by atoms with Crippen molar-refractivity contribution in [3.8, 4) is 11.3 Å². The molecular formula is C25H25N2O+. The van der Waals surface area contributed by atoms with Crippen LogP contribution in [-0.2, 0) is 13.4 Å². The highest BCUT2D eigenvalue weighted by Gasteiger charge is 2.23. The van der Waals surface area contributed by atoms with E-state index in [1.165, 1.54) is 0 Å². The van der Waals surface area contributed by atoms with Gasteiger partial charge in [0.1, 0.15) is 19.6 Å². The van der Waals surface area contributed by atoms with E-state index in [1.54, 1.807) is 23.7 Å². The van der Waals surface area contributed by atoms with Gasteiger partial charge in [-0.3, -0.25) is 0 Å². The summed E-state index contributed by atoms with van der Waals surface area (Å²) >= 11 is 0. The molecule has 4 aromatic rings. The Labute approximate surface area is 170 Å². The molecule has 0 unspecified atom stereocenters. The van der Waals surface area contributed by atoms with E-state index >= 15 is 0 Å². The molecule has 0 aliphatic heterocycles. The molecule has 0 N–H and O–H groups in total. The lowest BCUT2D eigenvalue weighted by molar-refractivity contribution is -0.660. The standard InChI is InChI=1S/C25H25N2O/c1-15(2)12-18-10-11-21(27(6)14-18)23-17(4)13-16(3)22-19-8-7-9-20(26-5)24(19)28-25(22)23/h7-11,13-15H,12H2,1-4,6H3/q+1/i12D2,14D. The number of furan rings is 1. The minimum absolute atomic E-state index is 0.141. The van der Waals surface area contributed by atoms with Crippen molar-refractivity contribution in [2.45, 2.75) is 34.1 Å². The minimum Gasteiger partial charge on any atom is -0.466 e. The lowest BCUT2D eigenvalue weighted by Crippen LogP contribution is -2.31. The molecule has 140 valence electrons. The molecule has 0 fully saturated rings. The summed E-state index contributed by atoms with van der Waals surface area (Å²) in [6, 6.07) is 11.3. The third-order valence-corrected chi connectivity index (χ3v) is 5.02. The molecule has 2 aromatic carbocycles. The molecular weight excluding hydrogens is 344 g/mol. The Hall–Kier alpha value is -3.12. The van der Waals surface area contributed by atoms with E-state index in [9.17, 15) is 0 Å². The maximum Gasteiger partial charge on any atom is 0.229 e. The lowest BCUT2D eigenvalue weighted by Gasteiger charge is -2.09. The van der Waals surface area contributed by atoms with E-state index in [0.717, 1.165) is 33.2 Å². The Morgan fingerprint density at radius 3 is 2.68 bits per heavy atom. The van der Waals surface area contributed by atoms with Crippen LogP contribution in [0.1, 0.15) is 34.7 Å². The first-order valence-corrected chi connectivity index (χ1v) is 9.43. The summed E-state index contributed by atoms with van der Waals surface area (Å²) in [5, 5.41) is 1.87. The van der Waals surface area contributed by atoms with Crippen LogP contribution < -0.4 is 4.57 Å². The quantitative estimate of drug-likeness (QED) is 0.299. The van der Waals surface area contributed by atoms with Gasteiger partial charge in [-0.15, -0.1) is 0 Å².